The second-order valence-corrected chi connectivity index (χ2v) is 3.76. The molecule has 1 aromatic rings. The third kappa shape index (κ3) is 2.27. The van der Waals surface area contributed by atoms with Crippen LogP contribution < -0.4 is 10.6 Å². The Labute approximate surface area is 94.0 Å². The van der Waals surface area contributed by atoms with Gasteiger partial charge in [0.05, 0.1) is 13.2 Å². The maximum absolute atomic E-state index is 7.37. The highest BCUT2D eigenvalue weighted by Crippen LogP contribution is 2.12. The van der Waals surface area contributed by atoms with E-state index < -0.39 is 0 Å². The summed E-state index contributed by atoms with van der Waals surface area (Å²) < 4.78 is 5.37. The lowest BCUT2D eigenvalue weighted by Crippen LogP contribution is -2.48. The van der Waals surface area contributed by atoms with E-state index in [4.69, 9.17) is 15.9 Å². The Morgan fingerprint density at radius 2 is 2.50 bits per heavy atom. The van der Waals surface area contributed by atoms with Crippen LogP contribution in [0.2, 0.25) is 0 Å². The molecule has 1 unspecified atom stereocenters. The van der Waals surface area contributed by atoms with Crippen LogP contribution in [-0.2, 0) is 4.74 Å². The number of nitrogens with zero attached hydrogens (tertiary/aromatic N) is 3. The molecule has 86 valence electrons. The first-order chi connectivity index (χ1) is 7.66. The lowest BCUT2D eigenvalue weighted by Gasteiger charge is -2.32. The summed E-state index contributed by atoms with van der Waals surface area (Å²) in [6.07, 6.45) is 1.38. The largest absolute Gasteiger partial charge is 0.385 e. The fourth-order valence-electron chi connectivity index (χ4n) is 1.61. The second-order valence-electron chi connectivity index (χ2n) is 3.76. The van der Waals surface area contributed by atoms with Gasteiger partial charge in [-0.05, 0) is 13.0 Å². The normalized spacial score (nSPS) is 20.8. The summed E-state index contributed by atoms with van der Waals surface area (Å²) in [6.45, 7) is 3.74. The standard InChI is InChI=1S/C10H15N5O/c1-7-2-3-13-10(14-7)15-4-5-16-8(6-15)9(11)12/h2-3,8H,4-6H2,1H3,(H3,11,12). The highest BCUT2D eigenvalue weighted by Gasteiger charge is 2.24. The van der Waals surface area contributed by atoms with E-state index in [0.29, 0.717) is 19.1 Å². The third-order valence-corrected chi connectivity index (χ3v) is 2.48. The lowest BCUT2D eigenvalue weighted by atomic mass is 10.2. The average molecular weight is 221 g/mol. The molecule has 0 radical (unpaired) electrons. The van der Waals surface area contributed by atoms with Crippen LogP contribution >= 0.6 is 0 Å². The van der Waals surface area contributed by atoms with E-state index in [0.717, 1.165) is 12.2 Å². The molecule has 1 fully saturated rings. The van der Waals surface area contributed by atoms with Gasteiger partial charge in [-0.15, -0.1) is 0 Å². The maximum atomic E-state index is 7.37. The van der Waals surface area contributed by atoms with E-state index in [-0.39, 0.29) is 11.9 Å². The molecule has 1 aliphatic heterocycles. The first-order valence-electron chi connectivity index (χ1n) is 5.17. The van der Waals surface area contributed by atoms with Crippen LogP contribution in [0.1, 0.15) is 5.69 Å². The molecule has 0 aliphatic carbocycles. The Balaban J connectivity index is 2.12. The number of nitrogens with two attached hydrogens (primary N) is 1. The van der Waals surface area contributed by atoms with Crippen LogP contribution in [0, 0.1) is 12.3 Å². The Hall–Kier alpha value is -1.69. The molecule has 0 bridgehead atoms. The van der Waals surface area contributed by atoms with Crippen molar-refractivity contribution < 1.29 is 4.74 Å². The van der Waals surface area contributed by atoms with Crippen molar-refractivity contribution in [1.82, 2.24) is 9.97 Å². The van der Waals surface area contributed by atoms with Gasteiger partial charge in [0.15, 0.2) is 0 Å². The van der Waals surface area contributed by atoms with Crippen molar-refractivity contribution in [3.05, 3.63) is 18.0 Å². The fraction of sp³-hybridized carbons (Fsp3) is 0.500. The number of hydrogen-bond donors (Lipinski definition) is 2. The van der Waals surface area contributed by atoms with E-state index in [1.165, 1.54) is 0 Å². The van der Waals surface area contributed by atoms with Crippen LogP contribution in [0.15, 0.2) is 12.3 Å². The molecule has 1 atom stereocenters. The molecule has 1 aliphatic rings. The van der Waals surface area contributed by atoms with Crippen molar-refractivity contribution in [2.45, 2.75) is 13.0 Å². The molecule has 6 nitrogen and oxygen atoms in total. The van der Waals surface area contributed by atoms with Gasteiger partial charge in [-0.1, -0.05) is 0 Å². The molecule has 0 aromatic carbocycles. The van der Waals surface area contributed by atoms with Gasteiger partial charge in [0, 0.05) is 18.4 Å². The minimum atomic E-state index is -0.349. The number of ether oxygens (including phenoxy) is 1. The van der Waals surface area contributed by atoms with Gasteiger partial charge in [-0.3, -0.25) is 5.41 Å². The van der Waals surface area contributed by atoms with Crippen molar-refractivity contribution in [3.63, 3.8) is 0 Å². The van der Waals surface area contributed by atoms with E-state index in [2.05, 4.69) is 9.97 Å². The second kappa shape index (κ2) is 4.44. The molecule has 1 saturated heterocycles. The summed E-state index contributed by atoms with van der Waals surface area (Å²) in [4.78, 5) is 10.5. The van der Waals surface area contributed by atoms with Crippen LogP contribution in [0.3, 0.4) is 0 Å². The molecule has 16 heavy (non-hydrogen) atoms. The Kier molecular flexibility index (Phi) is 3.00. The molecule has 0 amide bonds. The van der Waals surface area contributed by atoms with Crippen LogP contribution in [0.5, 0.6) is 0 Å². The smallest absolute Gasteiger partial charge is 0.225 e. The summed E-state index contributed by atoms with van der Waals surface area (Å²) in [7, 11) is 0. The number of nitrogens with one attached hydrogen (secondary N) is 1. The zero-order valence-electron chi connectivity index (χ0n) is 9.18. The Bertz CT molecular complexity index is 395. The quantitative estimate of drug-likeness (QED) is 0.539. The predicted molar refractivity (Wildman–Crippen MR) is 60.6 cm³/mol. The van der Waals surface area contributed by atoms with Crippen molar-refractivity contribution in [2.24, 2.45) is 5.73 Å². The first-order valence-corrected chi connectivity index (χ1v) is 5.17. The van der Waals surface area contributed by atoms with Crippen LogP contribution in [-0.4, -0.2) is 41.6 Å². The van der Waals surface area contributed by atoms with Crippen molar-refractivity contribution in [1.29, 1.82) is 5.41 Å². The number of hydrogen-bond acceptors (Lipinski definition) is 5. The molecule has 3 N–H and O–H groups in total. The summed E-state index contributed by atoms with van der Waals surface area (Å²) in [5.41, 5.74) is 6.35. The van der Waals surface area contributed by atoms with Gasteiger partial charge in [-0.2, -0.15) is 0 Å². The minimum Gasteiger partial charge on any atom is -0.385 e. The lowest BCUT2D eigenvalue weighted by molar-refractivity contribution is 0.0820. The highest BCUT2D eigenvalue weighted by molar-refractivity contribution is 5.82. The number of amidine groups is 1. The highest BCUT2D eigenvalue weighted by atomic mass is 16.5. The van der Waals surface area contributed by atoms with Gasteiger partial charge < -0.3 is 15.4 Å². The zero-order valence-corrected chi connectivity index (χ0v) is 9.18. The van der Waals surface area contributed by atoms with E-state index in [9.17, 15) is 0 Å². The first kappa shape index (κ1) is 10.8. The van der Waals surface area contributed by atoms with Gasteiger partial charge in [0.1, 0.15) is 11.9 Å². The van der Waals surface area contributed by atoms with Gasteiger partial charge in [0.25, 0.3) is 0 Å². The van der Waals surface area contributed by atoms with Crippen molar-refractivity contribution in [3.8, 4) is 0 Å². The third-order valence-electron chi connectivity index (χ3n) is 2.48. The summed E-state index contributed by atoms with van der Waals surface area (Å²) >= 11 is 0. The van der Waals surface area contributed by atoms with Crippen LogP contribution in [0.25, 0.3) is 0 Å². The maximum Gasteiger partial charge on any atom is 0.225 e. The van der Waals surface area contributed by atoms with Gasteiger partial charge in [0.2, 0.25) is 5.95 Å². The molecule has 2 rings (SSSR count). The fourth-order valence-corrected chi connectivity index (χ4v) is 1.61. The molecule has 1 aromatic heterocycles. The number of aryl methyl sites for hydroxylation is 1. The number of rotatable bonds is 2. The summed E-state index contributed by atoms with van der Waals surface area (Å²) in [6, 6.07) is 1.85. The monoisotopic (exact) mass is 221 g/mol. The average Bonchev–Trinajstić information content (AvgIpc) is 2.29. The molecule has 0 spiro atoms. The molecular weight excluding hydrogens is 206 g/mol. The summed E-state index contributed by atoms with van der Waals surface area (Å²) in [5, 5.41) is 7.37. The Morgan fingerprint density at radius 1 is 1.69 bits per heavy atom. The molecule has 2 heterocycles. The predicted octanol–water partition coefficient (Wildman–Crippen LogP) is -0.0738. The molecular formula is C10H15N5O. The van der Waals surface area contributed by atoms with E-state index in [1.54, 1.807) is 6.20 Å². The number of aromatic nitrogens is 2. The van der Waals surface area contributed by atoms with E-state index in [1.807, 2.05) is 17.9 Å². The molecule has 6 heteroatoms. The minimum absolute atomic E-state index is 0.0531. The number of morpholine rings is 1. The van der Waals surface area contributed by atoms with Crippen LogP contribution in [0.4, 0.5) is 5.95 Å². The SMILES string of the molecule is Cc1ccnc(N2CCOC(C(=N)N)C2)n1. The zero-order chi connectivity index (χ0) is 11.5. The van der Waals surface area contributed by atoms with Gasteiger partial charge in [-0.25, -0.2) is 9.97 Å². The van der Waals surface area contributed by atoms with Gasteiger partial charge >= 0.3 is 0 Å². The molecule has 0 saturated carbocycles. The Morgan fingerprint density at radius 3 is 3.19 bits per heavy atom. The van der Waals surface area contributed by atoms with E-state index >= 15 is 0 Å². The van der Waals surface area contributed by atoms with Crippen molar-refractivity contribution in [2.75, 3.05) is 24.6 Å². The van der Waals surface area contributed by atoms with Crippen molar-refractivity contribution >= 4 is 11.8 Å². The number of anilines is 1. The topological polar surface area (TPSA) is 88.1 Å². The summed E-state index contributed by atoms with van der Waals surface area (Å²) in [5.74, 6) is 0.729.